The van der Waals surface area contributed by atoms with Crippen molar-refractivity contribution in [1.82, 2.24) is 0 Å². The minimum Gasteiger partial charge on any atom is -0.235 e. The molecule has 0 bridgehead atoms. The maximum Gasteiger partial charge on any atom is 0.170 e. The lowest BCUT2D eigenvalue weighted by atomic mass is 10.0. The maximum absolute atomic E-state index is 2.51. The Morgan fingerprint density at radius 2 is 1.04 bits per heavy atom. The van der Waals surface area contributed by atoms with Gasteiger partial charge >= 0.3 is 0 Å². The zero-order chi connectivity index (χ0) is 17.6. The summed E-state index contributed by atoms with van der Waals surface area (Å²) in [4.78, 5) is 0. The first-order valence-electron chi connectivity index (χ1n) is 10.2. The summed E-state index contributed by atoms with van der Waals surface area (Å²) in [5.41, 5.74) is 5.84. The molecule has 2 aromatic rings. The molecule has 0 spiro atoms. The number of nitrogens with zero attached hydrogens (tertiary/aromatic N) is 2. The Hall–Kier alpha value is -2.22. The highest BCUT2D eigenvalue weighted by atomic mass is 15.0. The molecule has 0 atom stereocenters. The van der Waals surface area contributed by atoms with Gasteiger partial charge in [0.15, 0.2) is 12.4 Å². The highest BCUT2D eigenvalue weighted by Gasteiger charge is 2.16. The van der Waals surface area contributed by atoms with Crippen LogP contribution in [0.2, 0.25) is 0 Å². The molecule has 2 aromatic carbocycles. The molecule has 4 rings (SSSR count). The number of rotatable bonds is 7. The summed E-state index contributed by atoms with van der Waals surface area (Å²) in [5, 5.41) is 0. The second kappa shape index (κ2) is 8.44. The Labute approximate surface area is 157 Å². The van der Waals surface area contributed by atoms with Crippen LogP contribution in [0.1, 0.15) is 47.9 Å². The second-order valence-corrected chi connectivity index (χ2v) is 7.64. The van der Waals surface area contributed by atoms with Crippen molar-refractivity contribution in [2.24, 2.45) is 0 Å². The van der Waals surface area contributed by atoms with Crippen LogP contribution in [-0.2, 0) is 12.8 Å². The molecule has 0 fully saturated rings. The fourth-order valence-corrected chi connectivity index (χ4v) is 4.16. The molecule has 2 aliphatic heterocycles. The van der Waals surface area contributed by atoms with E-state index in [1.165, 1.54) is 87.0 Å². The third-order valence-corrected chi connectivity index (χ3v) is 5.73. The largest absolute Gasteiger partial charge is 0.235 e. The van der Waals surface area contributed by atoms with E-state index in [4.69, 9.17) is 0 Å². The first-order chi connectivity index (χ1) is 12.9. The average Bonchev–Trinajstić information content (AvgIpc) is 2.70. The van der Waals surface area contributed by atoms with E-state index in [2.05, 4.69) is 70.1 Å². The van der Waals surface area contributed by atoms with E-state index in [1.807, 2.05) is 0 Å². The second-order valence-electron chi connectivity index (χ2n) is 7.64. The molecule has 0 aromatic heterocycles. The fraction of sp³-hybridized carbons (Fsp3) is 0.417. The quantitative estimate of drug-likeness (QED) is 0.529. The van der Waals surface area contributed by atoms with Crippen molar-refractivity contribution in [2.45, 2.75) is 38.5 Å². The summed E-state index contributed by atoms with van der Waals surface area (Å²) in [6.45, 7) is 4.77. The monoisotopic (exact) mass is 346 g/mol. The standard InChI is InChI=1S/C24H30N2/c1(7-15-25-17-13-21-9-3-5-11-23(21)19-25)2-8-16-26-18-14-22-10-4-6-12-24(22)20-26/h3-6,9-12,19-20H,1-2,7-8,13-18H2/q+2. The maximum atomic E-state index is 2.51. The van der Waals surface area contributed by atoms with Crippen LogP contribution in [-0.4, -0.2) is 47.8 Å². The normalized spacial score (nSPS) is 15.7. The average molecular weight is 347 g/mol. The molecule has 2 heteroatoms. The molecule has 134 valence electrons. The number of hydrogen-bond acceptors (Lipinski definition) is 0. The number of benzene rings is 2. The number of unbranched alkanes of at least 4 members (excludes halogenated alkanes) is 3. The van der Waals surface area contributed by atoms with Gasteiger partial charge in [0, 0.05) is 36.8 Å². The van der Waals surface area contributed by atoms with Crippen molar-refractivity contribution in [1.29, 1.82) is 0 Å². The van der Waals surface area contributed by atoms with Gasteiger partial charge in [-0.15, -0.1) is 0 Å². The minimum absolute atomic E-state index is 1.18. The number of hydrogen-bond donors (Lipinski definition) is 0. The lowest BCUT2D eigenvalue weighted by molar-refractivity contribution is -0.526. The van der Waals surface area contributed by atoms with Crippen LogP contribution in [0.15, 0.2) is 48.5 Å². The zero-order valence-electron chi connectivity index (χ0n) is 15.7. The molecule has 0 aliphatic carbocycles. The van der Waals surface area contributed by atoms with Crippen molar-refractivity contribution in [3.63, 3.8) is 0 Å². The Kier molecular flexibility index (Phi) is 5.59. The van der Waals surface area contributed by atoms with Gasteiger partial charge in [0.2, 0.25) is 0 Å². The third-order valence-electron chi connectivity index (χ3n) is 5.73. The first kappa shape index (κ1) is 17.2. The summed E-state index contributed by atoms with van der Waals surface area (Å²) in [6.07, 6.45) is 12.4. The van der Waals surface area contributed by atoms with Crippen molar-refractivity contribution in [3.05, 3.63) is 70.8 Å². The van der Waals surface area contributed by atoms with E-state index in [9.17, 15) is 0 Å². The van der Waals surface area contributed by atoms with Gasteiger partial charge in [0.1, 0.15) is 26.2 Å². The summed E-state index contributed by atoms with van der Waals surface area (Å²) in [6, 6.07) is 17.6. The van der Waals surface area contributed by atoms with Crippen LogP contribution < -0.4 is 0 Å². The van der Waals surface area contributed by atoms with E-state index >= 15 is 0 Å². The van der Waals surface area contributed by atoms with Gasteiger partial charge in [-0.2, -0.15) is 0 Å². The third kappa shape index (κ3) is 4.30. The molecule has 0 saturated heterocycles. The van der Waals surface area contributed by atoms with E-state index in [1.54, 1.807) is 0 Å². The van der Waals surface area contributed by atoms with Crippen LogP contribution in [0.25, 0.3) is 0 Å². The van der Waals surface area contributed by atoms with Crippen LogP contribution in [0, 0.1) is 0 Å². The van der Waals surface area contributed by atoms with Crippen LogP contribution in [0.5, 0.6) is 0 Å². The molecule has 0 N–H and O–H groups in total. The minimum atomic E-state index is 1.18. The highest BCUT2D eigenvalue weighted by Crippen LogP contribution is 2.13. The van der Waals surface area contributed by atoms with E-state index in [0.717, 1.165) is 0 Å². The Bertz CT molecular complexity index is 747. The highest BCUT2D eigenvalue weighted by molar-refractivity contribution is 5.79. The van der Waals surface area contributed by atoms with E-state index in [-0.39, 0.29) is 0 Å². The van der Waals surface area contributed by atoms with Gasteiger partial charge in [0.25, 0.3) is 0 Å². The van der Waals surface area contributed by atoms with Crippen LogP contribution in [0.3, 0.4) is 0 Å². The molecule has 0 unspecified atom stereocenters. The fourth-order valence-electron chi connectivity index (χ4n) is 4.16. The van der Waals surface area contributed by atoms with Crippen LogP contribution >= 0.6 is 0 Å². The SMILES string of the molecule is C1=[N+](CCCCCC[N+]2=Cc3ccccc3CC2)CCc2ccccc21. The smallest absolute Gasteiger partial charge is 0.170 e. The number of fused-ring (bicyclic) bond motifs is 2. The topological polar surface area (TPSA) is 6.02 Å². The van der Waals surface area contributed by atoms with Gasteiger partial charge in [-0.3, -0.25) is 0 Å². The van der Waals surface area contributed by atoms with Gasteiger partial charge in [-0.25, -0.2) is 9.15 Å². The van der Waals surface area contributed by atoms with Crippen LogP contribution in [0.4, 0.5) is 0 Å². The molecule has 26 heavy (non-hydrogen) atoms. The Balaban J connectivity index is 1.17. The molecule has 2 aliphatic rings. The molecular weight excluding hydrogens is 316 g/mol. The summed E-state index contributed by atoms with van der Waals surface area (Å²) in [5.74, 6) is 0. The van der Waals surface area contributed by atoms with Crippen molar-refractivity contribution in [3.8, 4) is 0 Å². The predicted molar refractivity (Wildman–Crippen MR) is 109 cm³/mol. The van der Waals surface area contributed by atoms with Gasteiger partial charge in [0.05, 0.1) is 0 Å². The summed E-state index contributed by atoms with van der Waals surface area (Å²) in [7, 11) is 0. The molecule has 2 nitrogen and oxygen atoms in total. The Morgan fingerprint density at radius 3 is 1.54 bits per heavy atom. The van der Waals surface area contributed by atoms with Crippen molar-refractivity contribution >= 4 is 12.4 Å². The Morgan fingerprint density at radius 1 is 0.577 bits per heavy atom. The summed E-state index contributed by atoms with van der Waals surface area (Å²) < 4.78 is 5.02. The van der Waals surface area contributed by atoms with E-state index < -0.39 is 0 Å². The molecule has 2 heterocycles. The molecule has 0 amide bonds. The van der Waals surface area contributed by atoms with Gasteiger partial charge in [-0.05, 0) is 36.1 Å². The van der Waals surface area contributed by atoms with E-state index in [0.29, 0.717) is 0 Å². The van der Waals surface area contributed by atoms with Crippen molar-refractivity contribution < 1.29 is 9.15 Å². The molecule has 0 saturated carbocycles. The predicted octanol–water partition coefficient (Wildman–Crippen LogP) is 3.92. The molecular formula is C24H30N2+2. The summed E-state index contributed by atoms with van der Waals surface area (Å²) >= 11 is 0. The first-order valence-corrected chi connectivity index (χ1v) is 10.2. The zero-order valence-corrected chi connectivity index (χ0v) is 15.7. The van der Waals surface area contributed by atoms with Gasteiger partial charge in [-0.1, -0.05) is 36.4 Å². The van der Waals surface area contributed by atoms with Gasteiger partial charge < -0.3 is 0 Å². The lowest BCUT2D eigenvalue weighted by Crippen LogP contribution is -2.24. The van der Waals surface area contributed by atoms with Crippen molar-refractivity contribution in [2.75, 3.05) is 26.2 Å². The molecule has 0 radical (unpaired) electrons. The lowest BCUT2D eigenvalue weighted by Gasteiger charge is -2.13.